The zero-order chi connectivity index (χ0) is 27.3. The summed E-state index contributed by atoms with van der Waals surface area (Å²) in [5.41, 5.74) is 3.47. The minimum Gasteiger partial charge on any atom is -0.478 e. The molecule has 0 aliphatic carbocycles. The number of rotatable bonds is 12. The zero-order valence-electron chi connectivity index (χ0n) is 22.6. The summed E-state index contributed by atoms with van der Waals surface area (Å²) in [5, 5.41) is 27.4. The number of carbonyl (C=O) groups is 2. The number of aliphatic hydroxyl groups is 1. The maximum atomic E-state index is 11.8. The van der Waals surface area contributed by atoms with E-state index in [4.69, 9.17) is 10.2 Å². The number of carboxylic acids is 2. The summed E-state index contributed by atoms with van der Waals surface area (Å²) in [5.74, 6) is -1.20. The van der Waals surface area contributed by atoms with Crippen molar-refractivity contribution in [2.75, 3.05) is 19.6 Å². The second kappa shape index (κ2) is 15.2. The first-order chi connectivity index (χ1) is 16.8. The van der Waals surface area contributed by atoms with Gasteiger partial charge in [-0.1, -0.05) is 87.4 Å². The van der Waals surface area contributed by atoms with Crippen molar-refractivity contribution < 1.29 is 24.9 Å². The second-order valence-electron chi connectivity index (χ2n) is 10.3. The molecule has 0 heterocycles. The van der Waals surface area contributed by atoms with Gasteiger partial charge in [-0.25, -0.2) is 9.59 Å². The first-order valence-corrected chi connectivity index (χ1v) is 12.6. The van der Waals surface area contributed by atoms with Gasteiger partial charge < -0.3 is 20.2 Å². The number of benzene rings is 2. The van der Waals surface area contributed by atoms with Gasteiger partial charge in [-0.2, -0.15) is 0 Å². The van der Waals surface area contributed by atoms with Crippen molar-refractivity contribution in [3.63, 3.8) is 0 Å². The number of hydrogen-bond acceptors (Lipinski definition) is 4. The third-order valence-electron chi connectivity index (χ3n) is 5.69. The average Bonchev–Trinajstić information content (AvgIpc) is 2.78. The van der Waals surface area contributed by atoms with E-state index in [0.717, 1.165) is 43.6 Å². The molecule has 0 radical (unpaired) electrons. The van der Waals surface area contributed by atoms with Crippen molar-refractivity contribution in [2.45, 2.75) is 60.0 Å². The van der Waals surface area contributed by atoms with Crippen LogP contribution in [0.3, 0.4) is 0 Å². The zero-order valence-corrected chi connectivity index (χ0v) is 22.6. The summed E-state index contributed by atoms with van der Waals surface area (Å²) < 4.78 is 0. The fourth-order valence-electron chi connectivity index (χ4n) is 4.10. The van der Waals surface area contributed by atoms with Crippen LogP contribution in [0.1, 0.15) is 62.8 Å². The molecule has 0 aliphatic rings. The van der Waals surface area contributed by atoms with Crippen LogP contribution >= 0.6 is 0 Å². The topological polar surface area (TPSA) is 98.1 Å². The van der Waals surface area contributed by atoms with E-state index in [-0.39, 0.29) is 0 Å². The highest BCUT2D eigenvalue weighted by Gasteiger charge is 2.31. The monoisotopic (exact) mass is 497 g/mol. The Morgan fingerprint density at radius 1 is 0.778 bits per heavy atom. The fraction of sp³-hybridized carbons (Fsp3) is 0.467. The Morgan fingerprint density at radius 3 is 1.44 bits per heavy atom. The molecule has 2 aromatic rings. The molecule has 0 saturated carbocycles. The third-order valence-corrected chi connectivity index (χ3v) is 5.69. The largest absolute Gasteiger partial charge is 0.478 e. The predicted octanol–water partition coefficient (Wildman–Crippen LogP) is 5.65. The van der Waals surface area contributed by atoms with Crippen molar-refractivity contribution in [3.8, 4) is 0 Å². The molecule has 0 fully saturated rings. The molecule has 0 amide bonds. The number of aliphatic carboxylic acids is 2. The van der Waals surface area contributed by atoms with Crippen molar-refractivity contribution in [1.29, 1.82) is 0 Å². The van der Waals surface area contributed by atoms with Crippen LogP contribution in [0, 0.1) is 25.7 Å². The number of carboxylic acid groups (broad SMARTS) is 2. The summed E-state index contributed by atoms with van der Waals surface area (Å²) in [6, 6.07) is 16.7. The Balaban J connectivity index is 0.000000697. The smallest absolute Gasteiger partial charge is 0.328 e. The number of nitrogens with zero attached hydrogens (tertiary/aromatic N) is 1. The molecule has 36 heavy (non-hydrogen) atoms. The molecule has 0 aliphatic heterocycles. The molecular formula is C30H43NO5. The Morgan fingerprint density at radius 2 is 1.14 bits per heavy atom. The van der Waals surface area contributed by atoms with E-state index in [1.807, 2.05) is 0 Å². The quantitative estimate of drug-likeness (QED) is 0.328. The van der Waals surface area contributed by atoms with Crippen molar-refractivity contribution in [3.05, 3.63) is 82.9 Å². The van der Waals surface area contributed by atoms with E-state index in [0.29, 0.717) is 24.0 Å². The highest BCUT2D eigenvalue weighted by atomic mass is 16.4. The molecule has 6 heteroatoms. The van der Waals surface area contributed by atoms with Gasteiger partial charge >= 0.3 is 11.9 Å². The van der Waals surface area contributed by atoms with Crippen LogP contribution in [0.25, 0.3) is 0 Å². The molecule has 2 aromatic carbocycles. The Bertz CT molecular complexity index is 890. The minimum atomic E-state index is -1.26. The molecule has 0 unspecified atom stereocenters. The van der Waals surface area contributed by atoms with E-state index in [1.54, 1.807) is 0 Å². The van der Waals surface area contributed by atoms with Crippen LogP contribution < -0.4 is 0 Å². The molecule has 3 N–H and O–H groups in total. The van der Waals surface area contributed by atoms with Crippen LogP contribution in [0.5, 0.6) is 0 Å². The third kappa shape index (κ3) is 11.6. The summed E-state index contributed by atoms with van der Waals surface area (Å²) in [6.07, 6.45) is 2.81. The Kier molecular flexibility index (Phi) is 13.1. The summed E-state index contributed by atoms with van der Waals surface area (Å²) >= 11 is 0. The summed E-state index contributed by atoms with van der Waals surface area (Å²) in [6.45, 7) is 16.6. The Labute approximate surface area is 216 Å². The molecule has 0 atom stereocenters. The lowest BCUT2D eigenvalue weighted by atomic mass is 9.82. The van der Waals surface area contributed by atoms with Gasteiger partial charge in [0, 0.05) is 25.2 Å². The van der Waals surface area contributed by atoms with E-state index >= 15 is 0 Å². The van der Waals surface area contributed by atoms with E-state index in [9.17, 15) is 14.7 Å². The lowest BCUT2D eigenvalue weighted by Crippen LogP contribution is -2.34. The van der Waals surface area contributed by atoms with Crippen LogP contribution in [-0.4, -0.2) is 51.8 Å². The average molecular weight is 498 g/mol. The van der Waals surface area contributed by atoms with Crippen LogP contribution in [0.4, 0.5) is 0 Å². The van der Waals surface area contributed by atoms with Gasteiger partial charge in [-0.05, 0) is 56.2 Å². The molecule has 0 bridgehead atoms. The predicted molar refractivity (Wildman–Crippen MR) is 145 cm³/mol. The number of hydrogen-bond donors (Lipinski definition) is 3. The SMILES string of the molecule is Cc1ccc(C(O)(CCCN(CC(C)C)CC(C)C)c2ccc(C)cc2)cc1.O=C(O)/C=C\C(=O)O. The maximum Gasteiger partial charge on any atom is 0.328 e. The van der Waals surface area contributed by atoms with Crippen LogP contribution in [0.15, 0.2) is 60.7 Å². The summed E-state index contributed by atoms with van der Waals surface area (Å²) in [4.78, 5) is 21.7. The summed E-state index contributed by atoms with van der Waals surface area (Å²) in [7, 11) is 0. The normalized spacial score (nSPS) is 11.7. The van der Waals surface area contributed by atoms with Gasteiger partial charge in [0.05, 0.1) is 0 Å². The van der Waals surface area contributed by atoms with Crippen molar-refractivity contribution in [2.24, 2.45) is 11.8 Å². The highest BCUT2D eigenvalue weighted by Crippen LogP contribution is 2.34. The molecule has 2 rings (SSSR count). The second-order valence-corrected chi connectivity index (χ2v) is 10.3. The molecule has 0 spiro atoms. The lowest BCUT2D eigenvalue weighted by Gasteiger charge is -2.32. The van der Waals surface area contributed by atoms with Gasteiger partial charge in [0.15, 0.2) is 0 Å². The molecule has 6 nitrogen and oxygen atoms in total. The van der Waals surface area contributed by atoms with E-state index < -0.39 is 17.5 Å². The van der Waals surface area contributed by atoms with Gasteiger partial charge in [0.25, 0.3) is 0 Å². The molecular weight excluding hydrogens is 454 g/mol. The van der Waals surface area contributed by atoms with Crippen LogP contribution in [0.2, 0.25) is 0 Å². The van der Waals surface area contributed by atoms with Crippen molar-refractivity contribution >= 4 is 11.9 Å². The lowest BCUT2D eigenvalue weighted by molar-refractivity contribution is -0.134. The highest BCUT2D eigenvalue weighted by molar-refractivity contribution is 5.89. The van der Waals surface area contributed by atoms with Crippen molar-refractivity contribution in [1.82, 2.24) is 4.90 Å². The van der Waals surface area contributed by atoms with Gasteiger partial charge in [0.2, 0.25) is 0 Å². The van der Waals surface area contributed by atoms with Crippen LogP contribution in [-0.2, 0) is 15.2 Å². The standard InChI is InChI=1S/C26H39NO.C4H4O4/c1-20(2)18-27(19-21(3)4)17-7-16-26(28,24-12-8-22(5)9-13-24)25-14-10-23(6)11-15-25;5-3(6)1-2-4(7)8/h8-15,20-21,28H,7,16-19H2,1-6H3;1-2H,(H,5,6)(H,7,8)/b;2-1-. The molecule has 198 valence electrons. The minimum absolute atomic E-state index is 0.558. The molecule has 0 saturated heterocycles. The fourth-order valence-corrected chi connectivity index (χ4v) is 4.10. The van der Waals surface area contributed by atoms with Gasteiger partial charge in [-0.15, -0.1) is 0 Å². The number of aryl methyl sites for hydroxylation is 2. The Hall–Kier alpha value is -2.96. The van der Waals surface area contributed by atoms with E-state index in [1.165, 1.54) is 11.1 Å². The maximum absolute atomic E-state index is 11.8. The van der Waals surface area contributed by atoms with Gasteiger partial charge in [0.1, 0.15) is 5.60 Å². The first-order valence-electron chi connectivity index (χ1n) is 12.6. The van der Waals surface area contributed by atoms with E-state index in [2.05, 4.69) is 95.0 Å². The first kappa shape index (κ1) is 31.1. The molecule has 0 aromatic heterocycles. The van der Waals surface area contributed by atoms with Gasteiger partial charge in [-0.3, -0.25) is 0 Å².